The first-order valence-electron chi connectivity index (χ1n) is 9.27. The van der Waals surface area contributed by atoms with E-state index in [2.05, 4.69) is 6.92 Å². The Morgan fingerprint density at radius 3 is 1.63 bits per heavy atom. The monoisotopic (exact) mass is 265 g/mol. The Bertz CT molecular complexity index is 163. The van der Waals surface area contributed by atoms with E-state index in [0.717, 1.165) is 0 Å². The van der Waals surface area contributed by atoms with Crippen LogP contribution in [0.25, 0.3) is 0 Å². The molecule has 0 nitrogen and oxygen atoms in total. The van der Waals surface area contributed by atoms with Crippen LogP contribution in [0.3, 0.4) is 0 Å². The minimum absolute atomic E-state index is 1.37. The second kappa shape index (κ2) is 13.0. The first kappa shape index (κ1) is 17.1. The fourth-order valence-corrected chi connectivity index (χ4v) is 3.34. The molecule has 1 fully saturated rings. The number of unbranched alkanes of at least 4 members (excludes halogenated alkanes) is 6. The van der Waals surface area contributed by atoms with E-state index in [1.54, 1.807) is 0 Å². The third-order valence-corrected chi connectivity index (χ3v) is 4.69. The van der Waals surface area contributed by atoms with E-state index in [1.807, 2.05) is 5.92 Å². The highest BCUT2D eigenvalue weighted by molar-refractivity contribution is 4.89. The van der Waals surface area contributed by atoms with E-state index < -0.39 is 0 Å². The van der Waals surface area contributed by atoms with Gasteiger partial charge in [0.25, 0.3) is 0 Å². The third kappa shape index (κ3) is 10.4. The van der Waals surface area contributed by atoms with Crippen molar-refractivity contribution in [1.29, 1.82) is 0 Å². The van der Waals surface area contributed by atoms with Gasteiger partial charge in [-0.05, 0) is 25.2 Å². The molecule has 0 atom stereocenters. The lowest BCUT2D eigenvalue weighted by Gasteiger charge is -2.17. The first-order valence-corrected chi connectivity index (χ1v) is 9.27. The largest absolute Gasteiger partial charge is 0.0654 e. The molecule has 0 aromatic carbocycles. The standard InChI is InChI=1S/C19H37/c1-2-3-4-5-7-10-13-16-19-17-14-11-8-6-9-12-15-18-19/h2-18H2,1H3. The smallest absolute Gasteiger partial charge is 0.0241 e. The summed E-state index contributed by atoms with van der Waals surface area (Å²) < 4.78 is 0. The van der Waals surface area contributed by atoms with Gasteiger partial charge in [0, 0.05) is 0 Å². The summed E-state index contributed by atoms with van der Waals surface area (Å²) in [6.07, 6.45) is 25.0. The molecule has 0 aromatic heterocycles. The first-order chi connectivity index (χ1) is 9.43. The molecule has 0 aromatic rings. The SMILES string of the molecule is CCCCCCCCC[C]1CCCCCCCCC1. The predicted octanol–water partition coefficient (Wildman–Crippen LogP) is 7.23. The molecule has 19 heavy (non-hydrogen) atoms. The van der Waals surface area contributed by atoms with Crippen molar-refractivity contribution in [3.05, 3.63) is 5.92 Å². The summed E-state index contributed by atoms with van der Waals surface area (Å²) in [6, 6.07) is 0. The maximum atomic E-state index is 2.30. The van der Waals surface area contributed by atoms with E-state index in [1.165, 1.54) is 109 Å². The van der Waals surface area contributed by atoms with Crippen molar-refractivity contribution in [3.8, 4) is 0 Å². The number of hydrogen-bond donors (Lipinski definition) is 0. The zero-order valence-electron chi connectivity index (χ0n) is 13.5. The second-order valence-electron chi connectivity index (χ2n) is 6.60. The lowest BCUT2D eigenvalue weighted by molar-refractivity contribution is 0.490. The molecule has 0 heterocycles. The number of rotatable bonds is 8. The molecule has 0 unspecified atom stereocenters. The lowest BCUT2D eigenvalue weighted by Crippen LogP contribution is -2.00. The topological polar surface area (TPSA) is 0 Å². The van der Waals surface area contributed by atoms with Crippen LogP contribution in [0, 0.1) is 5.92 Å². The Kier molecular flexibility index (Phi) is 11.7. The Balaban J connectivity index is 1.98. The molecular formula is C19H37. The van der Waals surface area contributed by atoms with Gasteiger partial charge in [-0.3, -0.25) is 0 Å². The van der Waals surface area contributed by atoms with Gasteiger partial charge < -0.3 is 0 Å². The Hall–Kier alpha value is 0. The van der Waals surface area contributed by atoms with Crippen molar-refractivity contribution in [2.24, 2.45) is 0 Å². The molecule has 0 aliphatic heterocycles. The molecule has 0 N–H and O–H groups in total. The van der Waals surface area contributed by atoms with E-state index in [9.17, 15) is 0 Å². The van der Waals surface area contributed by atoms with Gasteiger partial charge in [-0.25, -0.2) is 0 Å². The van der Waals surface area contributed by atoms with Crippen molar-refractivity contribution < 1.29 is 0 Å². The van der Waals surface area contributed by atoms with Gasteiger partial charge in [0.2, 0.25) is 0 Å². The molecule has 1 saturated carbocycles. The average molecular weight is 266 g/mol. The van der Waals surface area contributed by atoms with Crippen LogP contribution in [-0.4, -0.2) is 0 Å². The molecule has 0 amide bonds. The van der Waals surface area contributed by atoms with Crippen LogP contribution in [-0.2, 0) is 0 Å². The normalized spacial score (nSPS) is 19.4. The Morgan fingerprint density at radius 2 is 1.05 bits per heavy atom. The zero-order valence-corrected chi connectivity index (χ0v) is 13.5. The Labute approximate surface area is 122 Å². The quantitative estimate of drug-likeness (QED) is 0.406. The predicted molar refractivity (Wildman–Crippen MR) is 87.4 cm³/mol. The van der Waals surface area contributed by atoms with Crippen LogP contribution in [0.2, 0.25) is 0 Å². The molecule has 113 valence electrons. The van der Waals surface area contributed by atoms with Gasteiger partial charge in [0.15, 0.2) is 0 Å². The van der Waals surface area contributed by atoms with Crippen LogP contribution in [0.5, 0.6) is 0 Å². The maximum absolute atomic E-state index is 2.30. The molecule has 1 aliphatic carbocycles. The van der Waals surface area contributed by atoms with Gasteiger partial charge in [0.05, 0.1) is 0 Å². The molecule has 0 spiro atoms. The van der Waals surface area contributed by atoms with Crippen LogP contribution in [0.15, 0.2) is 0 Å². The summed E-state index contributed by atoms with van der Waals surface area (Å²) in [6.45, 7) is 2.30. The second-order valence-corrected chi connectivity index (χ2v) is 6.60. The van der Waals surface area contributed by atoms with Crippen LogP contribution in [0.4, 0.5) is 0 Å². The van der Waals surface area contributed by atoms with Gasteiger partial charge >= 0.3 is 0 Å². The third-order valence-electron chi connectivity index (χ3n) is 4.69. The number of hydrogen-bond acceptors (Lipinski definition) is 0. The molecule has 0 saturated heterocycles. The van der Waals surface area contributed by atoms with Crippen LogP contribution in [0.1, 0.15) is 116 Å². The fourth-order valence-electron chi connectivity index (χ4n) is 3.34. The van der Waals surface area contributed by atoms with Crippen molar-refractivity contribution in [2.75, 3.05) is 0 Å². The van der Waals surface area contributed by atoms with E-state index in [0.29, 0.717) is 0 Å². The highest BCUT2D eigenvalue weighted by atomic mass is 14.2. The maximum Gasteiger partial charge on any atom is -0.0241 e. The highest BCUT2D eigenvalue weighted by Crippen LogP contribution is 2.27. The zero-order chi connectivity index (χ0) is 13.6. The van der Waals surface area contributed by atoms with Gasteiger partial charge in [-0.15, -0.1) is 0 Å². The minimum Gasteiger partial charge on any atom is -0.0654 e. The molecular weight excluding hydrogens is 228 g/mol. The molecule has 1 aliphatic rings. The van der Waals surface area contributed by atoms with Crippen molar-refractivity contribution in [3.63, 3.8) is 0 Å². The molecule has 0 bridgehead atoms. The average Bonchev–Trinajstić information content (AvgIpc) is 2.44. The van der Waals surface area contributed by atoms with E-state index in [-0.39, 0.29) is 0 Å². The summed E-state index contributed by atoms with van der Waals surface area (Å²) in [5.74, 6) is 1.91. The lowest BCUT2D eigenvalue weighted by atomic mass is 9.88. The van der Waals surface area contributed by atoms with Crippen molar-refractivity contribution in [1.82, 2.24) is 0 Å². The highest BCUT2D eigenvalue weighted by Gasteiger charge is 2.10. The van der Waals surface area contributed by atoms with Crippen molar-refractivity contribution >= 4 is 0 Å². The van der Waals surface area contributed by atoms with Gasteiger partial charge in [0.1, 0.15) is 0 Å². The summed E-state index contributed by atoms with van der Waals surface area (Å²) >= 11 is 0. The van der Waals surface area contributed by atoms with Crippen LogP contribution >= 0.6 is 0 Å². The van der Waals surface area contributed by atoms with Gasteiger partial charge in [-0.1, -0.05) is 96.8 Å². The van der Waals surface area contributed by atoms with Crippen LogP contribution < -0.4 is 0 Å². The fraction of sp³-hybridized carbons (Fsp3) is 0.947. The van der Waals surface area contributed by atoms with Crippen molar-refractivity contribution in [2.45, 2.75) is 116 Å². The van der Waals surface area contributed by atoms with Gasteiger partial charge in [-0.2, -0.15) is 0 Å². The van der Waals surface area contributed by atoms with E-state index >= 15 is 0 Å². The summed E-state index contributed by atoms with van der Waals surface area (Å²) in [5, 5.41) is 0. The minimum atomic E-state index is 1.37. The molecule has 1 rings (SSSR count). The summed E-state index contributed by atoms with van der Waals surface area (Å²) in [7, 11) is 0. The molecule has 1 radical (unpaired) electrons. The summed E-state index contributed by atoms with van der Waals surface area (Å²) in [4.78, 5) is 0. The Morgan fingerprint density at radius 1 is 0.579 bits per heavy atom. The molecule has 0 heteroatoms. The van der Waals surface area contributed by atoms with E-state index in [4.69, 9.17) is 0 Å². The summed E-state index contributed by atoms with van der Waals surface area (Å²) in [5.41, 5.74) is 0.